The van der Waals surface area contributed by atoms with E-state index in [2.05, 4.69) is 5.32 Å². The quantitative estimate of drug-likeness (QED) is 0.790. The van der Waals surface area contributed by atoms with Crippen LogP contribution in [0.3, 0.4) is 0 Å². The molecule has 1 aromatic carbocycles. The normalized spacial score (nSPS) is 10.6. The van der Waals surface area contributed by atoms with Crippen LogP contribution in [0.2, 0.25) is 0 Å². The van der Waals surface area contributed by atoms with Crippen LogP contribution in [-0.4, -0.2) is 25.2 Å². The Morgan fingerprint density at radius 3 is 2.74 bits per heavy atom. The van der Waals surface area contributed by atoms with Crippen molar-refractivity contribution in [1.29, 1.82) is 0 Å². The van der Waals surface area contributed by atoms with Gasteiger partial charge in [0.25, 0.3) is 0 Å². The number of anilines is 1. The molecular formula is C14H22N2O3. The second-order valence-electron chi connectivity index (χ2n) is 4.37. The maximum absolute atomic E-state index is 11.6. The third kappa shape index (κ3) is 5.28. The van der Waals surface area contributed by atoms with Crippen LogP contribution in [0.15, 0.2) is 18.2 Å². The molecule has 0 aliphatic heterocycles. The number of amides is 1. The highest BCUT2D eigenvalue weighted by molar-refractivity contribution is 5.91. The fourth-order valence-corrected chi connectivity index (χ4v) is 1.55. The molecule has 0 aromatic heterocycles. The highest BCUT2D eigenvalue weighted by Crippen LogP contribution is 2.22. The number of ether oxygens (including phenoxy) is 2. The molecule has 1 aromatic rings. The van der Waals surface area contributed by atoms with E-state index >= 15 is 0 Å². The predicted molar refractivity (Wildman–Crippen MR) is 75.2 cm³/mol. The van der Waals surface area contributed by atoms with Crippen LogP contribution >= 0.6 is 0 Å². The molecule has 0 radical (unpaired) electrons. The van der Waals surface area contributed by atoms with E-state index in [0.29, 0.717) is 18.8 Å². The highest BCUT2D eigenvalue weighted by atomic mass is 16.5. The zero-order chi connectivity index (χ0) is 14.3. The number of hydrogen-bond donors (Lipinski definition) is 2. The zero-order valence-electron chi connectivity index (χ0n) is 11.7. The van der Waals surface area contributed by atoms with Gasteiger partial charge < -0.3 is 20.5 Å². The molecule has 3 N–H and O–H groups in total. The summed E-state index contributed by atoms with van der Waals surface area (Å²) in [6.45, 7) is 6.68. The van der Waals surface area contributed by atoms with Gasteiger partial charge in [-0.2, -0.15) is 0 Å². The summed E-state index contributed by atoms with van der Waals surface area (Å²) < 4.78 is 10.7. The number of nitrogens with two attached hydrogens (primary N) is 1. The molecule has 106 valence electrons. The van der Waals surface area contributed by atoms with E-state index in [0.717, 1.165) is 11.3 Å². The SMILES string of the molecule is CCOc1ccc(NC(=O)COC(C)C)cc1CN. The second kappa shape index (κ2) is 7.76. The van der Waals surface area contributed by atoms with Crippen LogP contribution in [0, 0.1) is 0 Å². The minimum Gasteiger partial charge on any atom is -0.494 e. The molecule has 1 rings (SSSR count). The molecule has 5 nitrogen and oxygen atoms in total. The van der Waals surface area contributed by atoms with Gasteiger partial charge in [0.05, 0.1) is 12.7 Å². The molecule has 0 spiro atoms. The van der Waals surface area contributed by atoms with Crippen LogP contribution in [0.25, 0.3) is 0 Å². The standard InChI is InChI=1S/C14H22N2O3/c1-4-18-13-6-5-12(7-11(13)8-15)16-14(17)9-19-10(2)3/h5-7,10H,4,8-9,15H2,1-3H3,(H,16,17). The summed E-state index contributed by atoms with van der Waals surface area (Å²) in [6.07, 6.45) is 0.0330. The third-order valence-electron chi connectivity index (χ3n) is 2.41. The number of rotatable bonds is 7. The van der Waals surface area contributed by atoms with E-state index in [1.807, 2.05) is 32.9 Å². The van der Waals surface area contributed by atoms with Crippen molar-refractivity contribution in [3.63, 3.8) is 0 Å². The Morgan fingerprint density at radius 2 is 2.16 bits per heavy atom. The summed E-state index contributed by atoms with van der Waals surface area (Å²) in [4.78, 5) is 11.6. The van der Waals surface area contributed by atoms with Crippen molar-refractivity contribution in [1.82, 2.24) is 0 Å². The van der Waals surface area contributed by atoms with Crippen molar-refractivity contribution < 1.29 is 14.3 Å². The van der Waals surface area contributed by atoms with Crippen molar-refractivity contribution in [2.75, 3.05) is 18.5 Å². The monoisotopic (exact) mass is 266 g/mol. The fourth-order valence-electron chi connectivity index (χ4n) is 1.55. The van der Waals surface area contributed by atoms with E-state index in [1.165, 1.54) is 0 Å². The first-order valence-electron chi connectivity index (χ1n) is 6.44. The number of nitrogens with one attached hydrogen (secondary N) is 1. The molecule has 0 unspecified atom stereocenters. The van der Waals surface area contributed by atoms with Gasteiger partial charge >= 0.3 is 0 Å². The summed E-state index contributed by atoms with van der Waals surface area (Å²) in [5.74, 6) is 0.572. The molecule has 0 saturated heterocycles. The van der Waals surface area contributed by atoms with Gasteiger partial charge in [0.2, 0.25) is 5.91 Å². The Hall–Kier alpha value is -1.59. The summed E-state index contributed by atoms with van der Waals surface area (Å²) in [7, 11) is 0. The van der Waals surface area contributed by atoms with Crippen LogP contribution in [-0.2, 0) is 16.1 Å². The zero-order valence-corrected chi connectivity index (χ0v) is 11.7. The first-order valence-corrected chi connectivity index (χ1v) is 6.44. The minimum atomic E-state index is -0.180. The van der Waals surface area contributed by atoms with E-state index in [-0.39, 0.29) is 18.6 Å². The Balaban J connectivity index is 2.66. The molecule has 0 fully saturated rings. The van der Waals surface area contributed by atoms with E-state index < -0.39 is 0 Å². The van der Waals surface area contributed by atoms with Crippen molar-refractivity contribution in [2.45, 2.75) is 33.4 Å². The van der Waals surface area contributed by atoms with Gasteiger partial charge in [0.1, 0.15) is 12.4 Å². The van der Waals surface area contributed by atoms with Gasteiger partial charge in [0.15, 0.2) is 0 Å². The third-order valence-corrected chi connectivity index (χ3v) is 2.41. The fraction of sp³-hybridized carbons (Fsp3) is 0.500. The summed E-state index contributed by atoms with van der Waals surface area (Å²) in [5, 5.41) is 2.77. The van der Waals surface area contributed by atoms with Gasteiger partial charge in [-0.05, 0) is 39.0 Å². The number of benzene rings is 1. The largest absolute Gasteiger partial charge is 0.494 e. The highest BCUT2D eigenvalue weighted by Gasteiger charge is 2.07. The molecule has 0 atom stereocenters. The average Bonchev–Trinajstić information content (AvgIpc) is 2.38. The van der Waals surface area contributed by atoms with E-state index in [9.17, 15) is 4.79 Å². The van der Waals surface area contributed by atoms with E-state index in [4.69, 9.17) is 15.2 Å². The van der Waals surface area contributed by atoms with E-state index in [1.54, 1.807) is 6.07 Å². The lowest BCUT2D eigenvalue weighted by Crippen LogP contribution is -2.20. The molecular weight excluding hydrogens is 244 g/mol. The maximum atomic E-state index is 11.6. The van der Waals surface area contributed by atoms with Gasteiger partial charge in [0, 0.05) is 17.8 Å². The van der Waals surface area contributed by atoms with Gasteiger partial charge in [-0.25, -0.2) is 0 Å². The lowest BCUT2D eigenvalue weighted by atomic mass is 10.1. The second-order valence-corrected chi connectivity index (χ2v) is 4.37. The Bertz CT molecular complexity index is 419. The van der Waals surface area contributed by atoms with Gasteiger partial charge in [-0.1, -0.05) is 0 Å². The van der Waals surface area contributed by atoms with Gasteiger partial charge in [-0.15, -0.1) is 0 Å². The number of carbonyl (C=O) groups is 1. The first-order chi connectivity index (χ1) is 9.06. The van der Waals surface area contributed by atoms with Crippen LogP contribution < -0.4 is 15.8 Å². The minimum absolute atomic E-state index is 0.0330. The average molecular weight is 266 g/mol. The Kier molecular flexibility index (Phi) is 6.32. The Morgan fingerprint density at radius 1 is 1.42 bits per heavy atom. The Labute approximate surface area is 114 Å². The summed E-state index contributed by atoms with van der Waals surface area (Å²) in [5.41, 5.74) is 7.22. The molecule has 5 heteroatoms. The van der Waals surface area contributed by atoms with Crippen LogP contribution in [0.4, 0.5) is 5.69 Å². The molecule has 1 amide bonds. The predicted octanol–water partition coefficient (Wildman–Crippen LogP) is 1.91. The molecule has 0 saturated carbocycles. The van der Waals surface area contributed by atoms with Crippen molar-refractivity contribution in [3.8, 4) is 5.75 Å². The molecule has 0 aliphatic rings. The molecule has 0 aliphatic carbocycles. The molecule has 19 heavy (non-hydrogen) atoms. The maximum Gasteiger partial charge on any atom is 0.250 e. The summed E-state index contributed by atoms with van der Waals surface area (Å²) >= 11 is 0. The van der Waals surface area contributed by atoms with Crippen molar-refractivity contribution in [3.05, 3.63) is 23.8 Å². The number of hydrogen-bond acceptors (Lipinski definition) is 4. The topological polar surface area (TPSA) is 73.6 Å². The van der Waals surface area contributed by atoms with Crippen LogP contribution in [0.1, 0.15) is 26.3 Å². The number of carbonyl (C=O) groups excluding carboxylic acids is 1. The molecule has 0 bridgehead atoms. The van der Waals surface area contributed by atoms with Crippen LogP contribution in [0.5, 0.6) is 5.75 Å². The lowest BCUT2D eigenvalue weighted by Gasteiger charge is -2.12. The van der Waals surface area contributed by atoms with Crippen molar-refractivity contribution >= 4 is 11.6 Å². The lowest BCUT2D eigenvalue weighted by molar-refractivity contribution is -0.121. The van der Waals surface area contributed by atoms with Crippen molar-refractivity contribution in [2.24, 2.45) is 5.73 Å². The smallest absolute Gasteiger partial charge is 0.250 e. The molecule has 0 heterocycles. The van der Waals surface area contributed by atoms with Gasteiger partial charge in [-0.3, -0.25) is 4.79 Å². The summed E-state index contributed by atoms with van der Waals surface area (Å²) in [6, 6.07) is 5.42. The first kappa shape index (κ1) is 15.5.